The van der Waals surface area contributed by atoms with Gasteiger partial charge in [0.1, 0.15) is 23.0 Å². The molecule has 0 amide bonds. The summed E-state index contributed by atoms with van der Waals surface area (Å²) in [5.74, 6) is -2.45. The van der Waals surface area contributed by atoms with Gasteiger partial charge in [-0.25, -0.2) is 18.6 Å². The second kappa shape index (κ2) is 7.76. The summed E-state index contributed by atoms with van der Waals surface area (Å²) in [5, 5.41) is 9.26. The van der Waals surface area contributed by atoms with E-state index in [4.69, 9.17) is 5.73 Å². The lowest BCUT2D eigenvalue weighted by atomic mass is 10.1. The lowest BCUT2D eigenvalue weighted by Gasteiger charge is -2.20. The smallest absolute Gasteiger partial charge is 0.341 e. The normalized spacial score (nSPS) is 16.1. The van der Waals surface area contributed by atoms with Crippen LogP contribution in [0.3, 0.4) is 0 Å². The first-order chi connectivity index (χ1) is 13.3. The van der Waals surface area contributed by atoms with Crippen LogP contribution >= 0.6 is 12.4 Å². The molecule has 1 aliphatic rings. The molecule has 3 aromatic rings. The van der Waals surface area contributed by atoms with Gasteiger partial charge in [0.25, 0.3) is 0 Å². The molecule has 1 aromatic carbocycles. The van der Waals surface area contributed by atoms with Crippen LogP contribution in [0.1, 0.15) is 16.8 Å². The molecule has 2 aromatic heterocycles. The highest BCUT2D eigenvalue weighted by Crippen LogP contribution is 2.28. The number of rotatable bonds is 3. The minimum absolute atomic E-state index is 0. The van der Waals surface area contributed by atoms with Gasteiger partial charge in [0.05, 0.1) is 22.8 Å². The van der Waals surface area contributed by atoms with E-state index in [-0.39, 0.29) is 40.9 Å². The van der Waals surface area contributed by atoms with Crippen molar-refractivity contribution >= 4 is 35.0 Å². The van der Waals surface area contributed by atoms with Crippen LogP contribution in [0.25, 0.3) is 16.7 Å². The summed E-state index contributed by atoms with van der Waals surface area (Å²) in [7, 11) is 0. The molecule has 152 valence electrons. The first kappa shape index (κ1) is 20.7. The van der Waals surface area contributed by atoms with E-state index >= 15 is 0 Å². The fourth-order valence-electron chi connectivity index (χ4n) is 3.44. The number of hydrogen-bond acceptors (Lipinski definition) is 5. The number of halogens is 3. The number of anilines is 1. The van der Waals surface area contributed by atoms with Crippen molar-refractivity contribution in [2.24, 2.45) is 5.73 Å². The second-order valence-electron chi connectivity index (χ2n) is 6.70. The number of fused-ring (bicyclic) bond motifs is 1. The highest BCUT2D eigenvalue weighted by atomic mass is 35.5. The zero-order valence-corrected chi connectivity index (χ0v) is 15.8. The van der Waals surface area contributed by atoms with Crippen LogP contribution in [0.4, 0.5) is 14.5 Å². The van der Waals surface area contributed by atoms with Crippen molar-refractivity contribution in [3.63, 3.8) is 0 Å². The van der Waals surface area contributed by atoms with Crippen LogP contribution in [0.15, 0.2) is 41.5 Å². The van der Waals surface area contributed by atoms with Crippen molar-refractivity contribution in [2.45, 2.75) is 12.5 Å². The second-order valence-corrected chi connectivity index (χ2v) is 6.70. The van der Waals surface area contributed by atoms with Gasteiger partial charge in [-0.2, -0.15) is 0 Å². The lowest BCUT2D eigenvalue weighted by Crippen LogP contribution is -2.27. The number of pyridine rings is 2. The number of carboxylic acids is 1. The predicted octanol–water partition coefficient (Wildman–Crippen LogP) is 2.32. The van der Waals surface area contributed by atoms with Crippen LogP contribution in [-0.4, -0.2) is 39.8 Å². The number of hydrogen-bond donors (Lipinski definition) is 2. The molecule has 3 heterocycles. The molecule has 3 N–H and O–H groups in total. The number of carbonyl (C=O) groups is 1. The molecule has 29 heavy (non-hydrogen) atoms. The molecule has 0 bridgehead atoms. The molecule has 1 fully saturated rings. The molecule has 7 nitrogen and oxygen atoms in total. The molecule has 4 rings (SSSR count). The quantitative estimate of drug-likeness (QED) is 0.671. The van der Waals surface area contributed by atoms with E-state index in [1.54, 1.807) is 4.90 Å². The summed E-state index contributed by atoms with van der Waals surface area (Å²) < 4.78 is 29.4. The van der Waals surface area contributed by atoms with E-state index in [0.29, 0.717) is 19.5 Å². The SMILES string of the molecule is Cl.NC1CCN(c2cc3c(cc2F)c(=O)c(C(=O)O)cn3-c2ccc(F)cn2)C1. The average Bonchev–Trinajstić information content (AvgIpc) is 3.09. The number of carboxylic acid groups (broad SMARTS) is 1. The molecule has 10 heteroatoms. The number of benzene rings is 1. The van der Waals surface area contributed by atoms with E-state index in [9.17, 15) is 23.5 Å². The average molecular weight is 423 g/mol. The summed E-state index contributed by atoms with van der Waals surface area (Å²) in [6, 6.07) is 4.94. The first-order valence-corrected chi connectivity index (χ1v) is 8.60. The predicted molar refractivity (Wildman–Crippen MR) is 106 cm³/mol. The van der Waals surface area contributed by atoms with E-state index in [2.05, 4.69) is 4.98 Å². The number of aromatic carboxylic acids is 1. The summed E-state index contributed by atoms with van der Waals surface area (Å²) in [4.78, 5) is 29.8. The maximum atomic E-state index is 14.8. The Kier molecular flexibility index (Phi) is 5.54. The molecule has 0 aliphatic carbocycles. The Morgan fingerprint density at radius 3 is 2.62 bits per heavy atom. The van der Waals surface area contributed by atoms with Crippen LogP contribution in [0, 0.1) is 11.6 Å². The Hall–Kier alpha value is -3.04. The molecule has 1 saturated heterocycles. The third-order valence-electron chi connectivity index (χ3n) is 4.83. The Morgan fingerprint density at radius 1 is 1.28 bits per heavy atom. The number of nitrogens with zero attached hydrogens (tertiary/aromatic N) is 3. The maximum absolute atomic E-state index is 14.8. The summed E-state index contributed by atoms with van der Waals surface area (Å²) in [6.45, 7) is 1.03. The van der Waals surface area contributed by atoms with Crippen LogP contribution < -0.4 is 16.1 Å². The van der Waals surface area contributed by atoms with E-state index in [1.807, 2.05) is 0 Å². The third kappa shape index (κ3) is 3.66. The highest BCUT2D eigenvalue weighted by Gasteiger charge is 2.24. The van der Waals surface area contributed by atoms with E-state index < -0.39 is 28.6 Å². The van der Waals surface area contributed by atoms with Crippen molar-refractivity contribution in [1.29, 1.82) is 0 Å². The Labute approximate surface area is 169 Å². The molecule has 0 saturated carbocycles. The van der Waals surface area contributed by atoms with Crippen molar-refractivity contribution < 1.29 is 18.7 Å². The largest absolute Gasteiger partial charge is 0.477 e. The summed E-state index contributed by atoms with van der Waals surface area (Å²) in [6.07, 6.45) is 2.80. The zero-order chi connectivity index (χ0) is 20.0. The van der Waals surface area contributed by atoms with Crippen LogP contribution in [0.2, 0.25) is 0 Å². The van der Waals surface area contributed by atoms with Crippen molar-refractivity contribution in [3.8, 4) is 5.82 Å². The minimum Gasteiger partial charge on any atom is -0.477 e. The number of nitrogens with two attached hydrogens (primary N) is 1. The molecular formula is C19H17ClF2N4O3. The summed E-state index contributed by atoms with van der Waals surface area (Å²) >= 11 is 0. The lowest BCUT2D eigenvalue weighted by molar-refractivity contribution is 0.0695. The maximum Gasteiger partial charge on any atom is 0.341 e. The first-order valence-electron chi connectivity index (χ1n) is 8.60. The Morgan fingerprint density at radius 2 is 2.03 bits per heavy atom. The fourth-order valence-corrected chi connectivity index (χ4v) is 3.44. The fraction of sp³-hybridized carbons (Fsp3) is 0.211. The van der Waals surface area contributed by atoms with Crippen molar-refractivity contribution in [2.75, 3.05) is 18.0 Å². The Bertz CT molecular complexity index is 1150. The van der Waals surface area contributed by atoms with Crippen molar-refractivity contribution in [1.82, 2.24) is 9.55 Å². The third-order valence-corrected chi connectivity index (χ3v) is 4.83. The van der Waals surface area contributed by atoms with Gasteiger partial charge in [0.15, 0.2) is 0 Å². The van der Waals surface area contributed by atoms with Gasteiger partial charge in [-0.15, -0.1) is 12.4 Å². The molecule has 1 unspecified atom stereocenters. The molecule has 1 atom stereocenters. The van der Waals surface area contributed by atoms with Crippen LogP contribution in [-0.2, 0) is 0 Å². The minimum atomic E-state index is -1.45. The van der Waals surface area contributed by atoms with Gasteiger partial charge in [-0.1, -0.05) is 0 Å². The van der Waals surface area contributed by atoms with Gasteiger partial charge < -0.3 is 20.3 Å². The van der Waals surface area contributed by atoms with Gasteiger partial charge >= 0.3 is 5.97 Å². The monoisotopic (exact) mass is 422 g/mol. The van der Waals surface area contributed by atoms with Gasteiger partial charge in [0, 0.05) is 25.3 Å². The van der Waals surface area contributed by atoms with Gasteiger partial charge in [0.2, 0.25) is 5.43 Å². The topological polar surface area (TPSA) is 101 Å². The van der Waals surface area contributed by atoms with Gasteiger partial charge in [-0.3, -0.25) is 4.79 Å². The van der Waals surface area contributed by atoms with Gasteiger partial charge in [-0.05, 0) is 30.7 Å². The molecule has 1 aliphatic heterocycles. The van der Waals surface area contributed by atoms with Crippen LogP contribution in [0.5, 0.6) is 0 Å². The van der Waals surface area contributed by atoms with E-state index in [0.717, 1.165) is 24.5 Å². The Balaban J connectivity index is 0.00000240. The molecule has 0 spiro atoms. The summed E-state index contributed by atoms with van der Waals surface area (Å²) in [5.41, 5.74) is 5.10. The molecule has 0 radical (unpaired) electrons. The van der Waals surface area contributed by atoms with E-state index in [1.165, 1.54) is 16.7 Å². The highest BCUT2D eigenvalue weighted by molar-refractivity contribution is 5.94. The zero-order valence-electron chi connectivity index (χ0n) is 15.0. The number of aromatic nitrogens is 2. The molecular weight excluding hydrogens is 406 g/mol. The standard InChI is InChI=1S/C19H16F2N4O3.ClH/c20-10-1-2-17(23-7-10)25-9-13(19(27)28)18(26)12-5-14(21)16(6-15(12)25)24-4-3-11(22)8-24;/h1-2,5-7,9,11H,3-4,8,22H2,(H,27,28);1H. The van der Waals surface area contributed by atoms with Crippen molar-refractivity contribution in [3.05, 3.63) is 64.1 Å².